The van der Waals surface area contributed by atoms with E-state index in [0.29, 0.717) is 5.56 Å². The van der Waals surface area contributed by atoms with Gasteiger partial charge in [-0.25, -0.2) is 9.89 Å². The number of carbonyl (C=O) groups excluding carboxylic acids is 1. The van der Waals surface area contributed by atoms with E-state index in [-0.39, 0.29) is 11.6 Å². The van der Waals surface area contributed by atoms with E-state index in [1.807, 2.05) is 6.07 Å². The number of benzene rings is 1. The number of esters is 1. The van der Waals surface area contributed by atoms with E-state index in [4.69, 9.17) is 4.74 Å². The molecular formula is C13H13N3O4S. The number of nitrogens with one attached hydrogen (secondary N) is 2. The predicted molar refractivity (Wildman–Crippen MR) is 77.2 cm³/mol. The van der Waals surface area contributed by atoms with Crippen molar-refractivity contribution in [3.63, 3.8) is 0 Å². The SMILES string of the molecule is CCOC(=O)C(Sc1n[nH]c(=O)[nH]c1=O)c1ccccc1. The Labute approximate surface area is 123 Å². The van der Waals surface area contributed by atoms with Gasteiger partial charge in [-0.05, 0) is 12.5 Å². The number of rotatable bonds is 5. The van der Waals surface area contributed by atoms with Gasteiger partial charge in [-0.15, -0.1) is 0 Å². The average molecular weight is 307 g/mol. The van der Waals surface area contributed by atoms with E-state index in [9.17, 15) is 14.4 Å². The lowest BCUT2D eigenvalue weighted by Crippen LogP contribution is -2.26. The second-order valence-corrected chi connectivity index (χ2v) is 5.07. The molecule has 7 nitrogen and oxygen atoms in total. The maximum absolute atomic E-state index is 12.1. The largest absolute Gasteiger partial charge is 0.465 e. The minimum absolute atomic E-state index is 0.00324. The molecule has 1 unspecified atom stereocenters. The summed E-state index contributed by atoms with van der Waals surface area (Å²) in [6.07, 6.45) is 0. The van der Waals surface area contributed by atoms with Crippen LogP contribution in [0.1, 0.15) is 17.7 Å². The number of carbonyl (C=O) groups is 1. The Bertz CT molecular complexity index is 726. The van der Waals surface area contributed by atoms with Gasteiger partial charge >= 0.3 is 11.7 Å². The van der Waals surface area contributed by atoms with Gasteiger partial charge < -0.3 is 4.74 Å². The van der Waals surface area contributed by atoms with Crippen molar-refractivity contribution in [3.05, 3.63) is 56.7 Å². The fraction of sp³-hybridized carbons (Fsp3) is 0.231. The summed E-state index contributed by atoms with van der Waals surface area (Å²) in [5.74, 6) is -0.471. The van der Waals surface area contributed by atoms with E-state index >= 15 is 0 Å². The van der Waals surface area contributed by atoms with E-state index in [1.54, 1.807) is 31.2 Å². The van der Waals surface area contributed by atoms with Crippen LogP contribution in [0.25, 0.3) is 0 Å². The van der Waals surface area contributed by atoms with Gasteiger partial charge in [-0.3, -0.25) is 14.6 Å². The third kappa shape index (κ3) is 3.82. The molecule has 2 N–H and O–H groups in total. The smallest absolute Gasteiger partial charge is 0.342 e. The Morgan fingerprint density at radius 1 is 1.33 bits per heavy atom. The number of thioether (sulfide) groups is 1. The molecule has 2 rings (SSSR count). The average Bonchev–Trinajstić information content (AvgIpc) is 2.47. The van der Waals surface area contributed by atoms with Gasteiger partial charge in [-0.1, -0.05) is 42.1 Å². The van der Waals surface area contributed by atoms with Crippen molar-refractivity contribution in [1.82, 2.24) is 15.2 Å². The summed E-state index contributed by atoms with van der Waals surface area (Å²) >= 11 is 0.926. The van der Waals surface area contributed by atoms with Gasteiger partial charge in [0, 0.05) is 0 Å². The molecule has 21 heavy (non-hydrogen) atoms. The van der Waals surface area contributed by atoms with Crippen molar-refractivity contribution in [3.8, 4) is 0 Å². The molecule has 0 aliphatic carbocycles. The Morgan fingerprint density at radius 3 is 2.67 bits per heavy atom. The van der Waals surface area contributed by atoms with Gasteiger partial charge in [0.15, 0.2) is 5.03 Å². The topological polar surface area (TPSA) is 105 Å². The number of hydrogen-bond acceptors (Lipinski definition) is 6. The Hall–Kier alpha value is -2.35. The van der Waals surface area contributed by atoms with Crippen molar-refractivity contribution in [2.75, 3.05) is 6.61 Å². The van der Waals surface area contributed by atoms with Gasteiger partial charge in [-0.2, -0.15) is 5.10 Å². The number of ether oxygens (including phenoxy) is 1. The van der Waals surface area contributed by atoms with Gasteiger partial charge in [0.05, 0.1) is 6.61 Å². The summed E-state index contributed by atoms with van der Waals surface area (Å²) in [4.78, 5) is 36.8. The first-order valence-corrected chi connectivity index (χ1v) is 7.07. The molecule has 0 aliphatic heterocycles. The molecule has 1 heterocycles. The maximum atomic E-state index is 12.1. The van der Waals surface area contributed by atoms with Gasteiger partial charge in [0.25, 0.3) is 5.56 Å². The van der Waals surface area contributed by atoms with E-state index in [2.05, 4.69) is 15.2 Å². The zero-order valence-electron chi connectivity index (χ0n) is 11.2. The summed E-state index contributed by atoms with van der Waals surface area (Å²) < 4.78 is 5.02. The molecule has 0 aliphatic rings. The Balaban J connectivity index is 2.34. The lowest BCUT2D eigenvalue weighted by atomic mass is 10.1. The summed E-state index contributed by atoms with van der Waals surface area (Å²) in [5.41, 5.74) is -0.654. The molecule has 0 fully saturated rings. The molecule has 1 aromatic heterocycles. The molecule has 1 aromatic carbocycles. The first kappa shape index (κ1) is 15.0. The Morgan fingerprint density at radius 2 is 2.05 bits per heavy atom. The van der Waals surface area contributed by atoms with Crippen LogP contribution in [0.5, 0.6) is 0 Å². The van der Waals surface area contributed by atoms with Crippen molar-refractivity contribution in [2.24, 2.45) is 0 Å². The maximum Gasteiger partial charge on any atom is 0.342 e. The van der Waals surface area contributed by atoms with Crippen LogP contribution in [0.2, 0.25) is 0 Å². The minimum Gasteiger partial charge on any atom is -0.465 e. The number of H-pyrrole nitrogens is 2. The molecule has 2 aromatic rings. The first-order valence-electron chi connectivity index (χ1n) is 6.19. The molecule has 0 saturated carbocycles. The van der Waals surface area contributed by atoms with Crippen LogP contribution in [-0.4, -0.2) is 27.8 Å². The van der Waals surface area contributed by atoms with E-state index in [0.717, 1.165) is 11.8 Å². The van der Waals surface area contributed by atoms with Crippen LogP contribution in [0.3, 0.4) is 0 Å². The van der Waals surface area contributed by atoms with Crippen molar-refractivity contribution >= 4 is 17.7 Å². The highest BCUT2D eigenvalue weighted by Gasteiger charge is 2.25. The lowest BCUT2D eigenvalue weighted by Gasteiger charge is -2.14. The predicted octanol–water partition coefficient (Wildman–Crippen LogP) is 0.855. The van der Waals surface area contributed by atoms with E-state index < -0.39 is 22.5 Å². The lowest BCUT2D eigenvalue weighted by molar-refractivity contribution is -0.142. The highest BCUT2D eigenvalue weighted by atomic mass is 32.2. The number of aromatic amines is 2. The number of nitrogens with zero attached hydrogens (tertiary/aromatic N) is 1. The first-order chi connectivity index (χ1) is 10.1. The van der Waals surface area contributed by atoms with Gasteiger partial charge in [0.1, 0.15) is 5.25 Å². The molecular weight excluding hydrogens is 294 g/mol. The fourth-order valence-electron chi connectivity index (χ4n) is 1.63. The molecule has 0 radical (unpaired) electrons. The number of aromatic nitrogens is 3. The number of hydrogen-bond donors (Lipinski definition) is 2. The second-order valence-electron chi connectivity index (χ2n) is 3.97. The molecule has 8 heteroatoms. The molecule has 0 spiro atoms. The van der Waals surface area contributed by atoms with E-state index in [1.165, 1.54) is 0 Å². The molecule has 0 amide bonds. The normalized spacial score (nSPS) is 11.9. The third-order valence-electron chi connectivity index (χ3n) is 2.51. The minimum atomic E-state index is -0.731. The highest BCUT2D eigenvalue weighted by Crippen LogP contribution is 2.33. The van der Waals surface area contributed by atoms with Crippen LogP contribution < -0.4 is 11.2 Å². The molecule has 110 valence electrons. The van der Waals surface area contributed by atoms with Crippen molar-refractivity contribution in [1.29, 1.82) is 0 Å². The Kier molecular flexibility index (Phi) is 4.94. The molecule has 1 atom stereocenters. The second kappa shape index (κ2) is 6.89. The zero-order chi connectivity index (χ0) is 15.2. The van der Waals surface area contributed by atoms with Crippen molar-refractivity contribution < 1.29 is 9.53 Å². The van der Waals surface area contributed by atoms with Crippen LogP contribution in [-0.2, 0) is 9.53 Å². The third-order valence-corrected chi connectivity index (χ3v) is 3.71. The molecule has 0 saturated heterocycles. The summed E-state index contributed by atoms with van der Waals surface area (Å²) in [6, 6.07) is 8.91. The van der Waals surface area contributed by atoms with Crippen molar-refractivity contribution in [2.45, 2.75) is 17.2 Å². The standard InChI is InChI=1S/C13H13N3O4S/c1-2-20-12(18)9(8-6-4-3-5-7-8)21-11-10(17)14-13(19)16-15-11/h3-7,9H,2H2,1H3,(H2,14,16,17,19). The van der Waals surface area contributed by atoms with Crippen LogP contribution in [0, 0.1) is 0 Å². The highest BCUT2D eigenvalue weighted by molar-refractivity contribution is 8.00. The zero-order valence-corrected chi connectivity index (χ0v) is 12.0. The summed E-state index contributed by atoms with van der Waals surface area (Å²) in [6.45, 7) is 1.94. The quantitative estimate of drug-likeness (QED) is 0.627. The monoisotopic (exact) mass is 307 g/mol. The summed E-state index contributed by atoms with van der Waals surface area (Å²) in [7, 11) is 0. The van der Waals surface area contributed by atoms with Gasteiger partial charge in [0.2, 0.25) is 0 Å². The summed E-state index contributed by atoms with van der Waals surface area (Å²) in [5, 5.41) is 5.06. The van der Waals surface area contributed by atoms with Crippen LogP contribution >= 0.6 is 11.8 Å². The van der Waals surface area contributed by atoms with Crippen LogP contribution in [0.4, 0.5) is 0 Å². The van der Waals surface area contributed by atoms with Crippen LogP contribution in [0.15, 0.2) is 44.9 Å². The fourth-order valence-corrected chi connectivity index (χ4v) is 2.56. The molecule has 0 bridgehead atoms.